The summed E-state index contributed by atoms with van der Waals surface area (Å²) < 4.78 is 0. The van der Waals surface area contributed by atoms with Gasteiger partial charge in [0, 0.05) is 11.1 Å². The Morgan fingerprint density at radius 1 is 1.25 bits per heavy atom. The minimum Gasteiger partial charge on any atom is -0.342 e. The van der Waals surface area contributed by atoms with Crippen molar-refractivity contribution in [2.45, 2.75) is 58.0 Å². The standard InChI is InChI=1S/C12H24N2OS/c1-11(2,13-10(15)16)9-12(3,4)14-7-5-6-8-14/h5-9H2,1-4H3,(H2,13,15,16). The van der Waals surface area contributed by atoms with Gasteiger partial charge < -0.3 is 5.32 Å². The molecule has 1 aliphatic heterocycles. The third kappa shape index (κ3) is 3.98. The molecule has 0 aromatic carbocycles. The molecule has 0 radical (unpaired) electrons. The molecule has 0 aromatic heterocycles. The summed E-state index contributed by atoms with van der Waals surface area (Å²) in [7, 11) is 0. The van der Waals surface area contributed by atoms with E-state index in [9.17, 15) is 4.79 Å². The van der Waals surface area contributed by atoms with Crippen LogP contribution in [0.25, 0.3) is 0 Å². The van der Waals surface area contributed by atoms with Crippen LogP contribution in [0.15, 0.2) is 0 Å². The zero-order chi connectivity index (χ0) is 12.4. The lowest BCUT2D eigenvalue weighted by Crippen LogP contribution is -2.52. The topological polar surface area (TPSA) is 32.3 Å². The van der Waals surface area contributed by atoms with Crippen LogP contribution in [-0.2, 0) is 0 Å². The first kappa shape index (κ1) is 13.8. The Morgan fingerprint density at radius 3 is 2.19 bits per heavy atom. The van der Waals surface area contributed by atoms with E-state index in [1.807, 2.05) is 0 Å². The van der Waals surface area contributed by atoms with E-state index < -0.39 is 0 Å². The summed E-state index contributed by atoms with van der Waals surface area (Å²) in [5.74, 6) is 0. The van der Waals surface area contributed by atoms with Gasteiger partial charge in [0.25, 0.3) is 5.24 Å². The second-order valence-corrected chi connectivity index (χ2v) is 6.40. The van der Waals surface area contributed by atoms with Gasteiger partial charge in [-0.3, -0.25) is 9.69 Å². The molecule has 1 saturated heterocycles. The molecule has 0 bridgehead atoms. The van der Waals surface area contributed by atoms with Gasteiger partial charge in [-0.15, -0.1) is 0 Å². The lowest BCUT2D eigenvalue weighted by atomic mass is 9.86. The molecule has 0 saturated carbocycles. The lowest BCUT2D eigenvalue weighted by Gasteiger charge is -2.41. The number of thiol groups is 1. The molecule has 1 fully saturated rings. The molecule has 16 heavy (non-hydrogen) atoms. The first-order chi connectivity index (χ1) is 7.23. The zero-order valence-corrected chi connectivity index (χ0v) is 11.7. The Morgan fingerprint density at radius 2 is 1.75 bits per heavy atom. The summed E-state index contributed by atoms with van der Waals surface area (Å²) in [5.41, 5.74) is -0.0683. The third-order valence-electron chi connectivity index (χ3n) is 3.28. The van der Waals surface area contributed by atoms with Crippen LogP contribution in [0, 0.1) is 0 Å². The maximum atomic E-state index is 11.0. The molecule has 0 aromatic rings. The van der Waals surface area contributed by atoms with Gasteiger partial charge in [0.1, 0.15) is 0 Å². The number of hydrogen-bond donors (Lipinski definition) is 2. The molecule has 4 heteroatoms. The van der Waals surface area contributed by atoms with Crippen molar-refractivity contribution in [2.75, 3.05) is 13.1 Å². The minimum atomic E-state index is -0.248. The molecule has 0 aliphatic carbocycles. The van der Waals surface area contributed by atoms with E-state index in [-0.39, 0.29) is 16.3 Å². The number of likely N-dealkylation sites (tertiary alicyclic amines) is 1. The fourth-order valence-corrected chi connectivity index (χ4v) is 3.15. The van der Waals surface area contributed by atoms with Crippen LogP contribution < -0.4 is 5.32 Å². The maximum absolute atomic E-state index is 11.0. The molecular weight excluding hydrogens is 220 g/mol. The minimum absolute atomic E-state index is 0.135. The van der Waals surface area contributed by atoms with Crippen molar-refractivity contribution in [2.24, 2.45) is 0 Å². The molecular formula is C12H24N2OS. The van der Waals surface area contributed by atoms with Gasteiger partial charge in [-0.2, -0.15) is 0 Å². The van der Waals surface area contributed by atoms with E-state index >= 15 is 0 Å². The summed E-state index contributed by atoms with van der Waals surface area (Å²) in [6, 6.07) is 0. The highest BCUT2D eigenvalue weighted by Crippen LogP contribution is 2.29. The van der Waals surface area contributed by atoms with E-state index in [1.54, 1.807) is 0 Å². The van der Waals surface area contributed by atoms with Crippen LogP contribution in [0.5, 0.6) is 0 Å². The highest BCUT2D eigenvalue weighted by atomic mass is 32.1. The predicted octanol–water partition coefficient (Wildman–Crippen LogP) is 2.67. The summed E-state index contributed by atoms with van der Waals surface area (Å²) in [5, 5.41) is 2.65. The van der Waals surface area contributed by atoms with Crippen LogP contribution in [-0.4, -0.2) is 34.3 Å². The van der Waals surface area contributed by atoms with E-state index in [4.69, 9.17) is 0 Å². The number of hydrogen-bond acceptors (Lipinski definition) is 2. The number of rotatable bonds is 4. The van der Waals surface area contributed by atoms with Crippen molar-refractivity contribution >= 4 is 17.9 Å². The Balaban J connectivity index is 2.59. The molecule has 1 heterocycles. The number of carbonyl (C=O) groups excluding carboxylic acids is 1. The second kappa shape index (κ2) is 4.96. The van der Waals surface area contributed by atoms with Crippen LogP contribution in [0.4, 0.5) is 4.79 Å². The number of nitrogens with zero attached hydrogens (tertiary/aromatic N) is 1. The Labute approximate surface area is 104 Å². The van der Waals surface area contributed by atoms with Gasteiger partial charge in [0.05, 0.1) is 0 Å². The largest absolute Gasteiger partial charge is 0.342 e. The van der Waals surface area contributed by atoms with Gasteiger partial charge in [0.2, 0.25) is 0 Å². The quantitative estimate of drug-likeness (QED) is 0.745. The molecule has 1 aliphatic rings. The average Bonchev–Trinajstić information content (AvgIpc) is 2.48. The molecule has 1 amide bonds. The molecule has 1 rings (SSSR count). The highest BCUT2D eigenvalue weighted by Gasteiger charge is 2.35. The first-order valence-electron chi connectivity index (χ1n) is 5.99. The fraction of sp³-hybridized carbons (Fsp3) is 0.917. The average molecular weight is 244 g/mol. The summed E-state index contributed by atoms with van der Waals surface area (Å²) in [6.45, 7) is 11.0. The SMILES string of the molecule is CC(C)(CC(C)(C)N1CCCC1)NC(=O)S. The Kier molecular flexibility index (Phi) is 4.29. The molecule has 1 N–H and O–H groups in total. The van der Waals surface area contributed by atoms with Crippen LogP contribution in [0.1, 0.15) is 47.0 Å². The fourth-order valence-electron chi connectivity index (χ4n) is 2.85. The maximum Gasteiger partial charge on any atom is 0.276 e. The summed E-state index contributed by atoms with van der Waals surface area (Å²) >= 11 is 3.79. The van der Waals surface area contributed by atoms with Gasteiger partial charge in [-0.05, 0) is 60.0 Å². The molecule has 0 spiro atoms. The monoisotopic (exact) mass is 244 g/mol. The van der Waals surface area contributed by atoms with Crippen molar-refractivity contribution in [3.05, 3.63) is 0 Å². The third-order valence-corrected chi connectivity index (χ3v) is 3.39. The van der Waals surface area contributed by atoms with Crippen LogP contribution in [0.2, 0.25) is 0 Å². The van der Waals surface area contributed by atoms with Gasteiger partial charge in [-0.1, -0.05) is 12.6 Å². The predicted molar refractivity (Wildman–Crippen MR) is 71.1 cm³/mol. The van der Waals surface area contributed by atoms with Crippen molar-refractivity contribution in [1.29, 1.82) is 0 Å². The lowest BCUT2D eigenvalue weighted by molar-refractivity contribution is 0.113. The van der Waals surface area contributed by atoms with E-state index in [2.05, 4.69) is 50.5 Å². The number of carbonyl (C=O) groups is 1. The van der Waals surface area contributed by atoms with Gasteiger partial charge in [0.15, 0.2) is 0 Å². The van der Waals surface area contributed by atoms with Crippen molar-refractivity contribution < 1.29 is 4.79 Å². The molecule has 0 atom stereocenters. The smallest absolute Gasteiger partial charge is 0.276 e. The van der Waals surface area contributed by atoms with Crippen molar-refractivity contribution in [3.8, 4) is 0 Å². The van der Waals surface area contributed by atoms with Crippen LogP contribution in [0.3, 0.4) is 0 Å². The first-order valence-corrected chi connectivity index (χ1v) is 6.44. The van der Waals surface area contributed by atoms with Crippen LogP contribution >= 0.6 is 12.6 Å². The second-order valence-electron chi connectivity index (χ2n) is 6.00. The zero-order valence-electron chi connectivity index (χ0n) is 10.8. The van der Waals surface area contributed by atoms with Crippen molar-refractivity contribution in [3.63, 3.8) is 0 Å². The molecule has 3 nitrogen and oxygen atoms in total. The Bertz CT molecular complexity index is 258. The van der Waals surface area contributed by atoms with E-state index in [0.29, 0.717) is 0 Å². The number of nitrogens with one attached hydrogen (secondary N) is 1. The van der Waals surface area contributed by atoms with Crippen molar-refractivity contribution in [1.82, 2.24) is 10.2 Å². The van der Waals surface area contributed by atoms with Gasteiger partial charge in [-0.25, -0.2) is 0 Å². The summed E-state index contributed by atoms with van der Waals surface area (Å²) in [6.07, 6.45) is 3.53. The van der Waals surface area contributed by atoms with E-state index in [0.717, 1.165) is 6.42 Å². The number of amides is 1. The van der Waals surface area contributed by atoms with E-state index in [1.165, 1.54) is 25.9 Å². The molecule has 94 valence electrons. The highest BCUT2D eigenvalue weighted by molar-refractivity contribution is 7.96. The summed E-state index contributed by atoms with van der Waals surface area (Å²) in [4.78, 5) is 13.5. The van der Waals surface area contributed by atoms with Gasteiger partial charge >= 0.3 is 0 Å². The Hall–Kier alpha value is -0.220. The molecule has 0 unspecified atom stereocenters. The normalized spacial score (nSPS) is 18.8.